The van der Waals surface area contributed by atoms with E-state index in [1.165, 1.54) is 6.07 Å². The summed E-state index contributed by atoms with van der Waals surface area (Å²) in [7, 11) is 0. The van der Waals surface area contributed by atoms with Crippen LogP contribution >= 0.6 is 11.6 Å². The highest BCUT2D eigenvalue weighted by atomic mass is 35.5. The Bertz CT molecular complexity index is 1120. The molecule has 1 aliphatic rings. The summed E-state index contributed by atoms with van der Waals surface area (Å²) < 4.78 is 51.0. The topological polar surface area (TPSA) is 59.6 Å². The first-order valence-electron chi connectivity index (χ1n) is 9.66. The smallest absolute Gasteiger partial charge is 0.418 e. The van der Waals surface area contributed by atoms with Crippen LogP contribution in [-0.4, -0.2) is 12.7 Å². The highest BCUT2D eigenvalue weighted by molar-refractivity contribution is 6.30. The number of hydrogen-bond acceptors (Lipinski definition) is 4. The van der Waals surface area contributed by atoms with Crippen LogP contribution in [0.2, 0.25) is 5.02 Å². The molecule has 0 unspecified atom stereocenters. The molecule has 3 aromatic rings. The second kappa shape index (κ2) is 9.10. The standard InChI is InChI=1S/C23H18ClF3N2O3/c24-16-7-8-18(17(11-16)23(25,26)27)29-22(30)21(15-4-2-1-3-5-15)28-12-14-6-9-19-20(10-14)32-13-31-19/h1-11,21,28H,12-13H2,(H,29,30)/t21-/m1/s1. The minimum atomic E-state index is -4.67. The molecular formula is C23H18ClF3N2O3. The molecule has 0 aliphatic carbocycles. The van der Waals surface area contributed by atoms with Crippen molar-refractivity contribution in [2.45, 2.75) is 18.8 Å². The number of carbonyl (C=O) groups excluding carboxylic acids is 1. The number of carbonyl (C=O) groups is 1. The zero-order valence-electron chi connectivity index (χ0n) is 16.6. The minimum Gasteiger partial charge on any atom is -0.454 e. The number of fused-ring (bicyclic) bond motifs is 1. The van der Waals surface area contributed by atoms with Crippen molar-refractivity contribution in [1.29, 1.82) is 0 Å². The van der Waals surface area contributed by atoms with Crippen molar-refractivity contribution in [3.8, 4) is 11.5 Å². The Morgan fingerprint density at radius 1 is 1.00 bits per heavy atom. The Kier molecular flexibility index (Phi) is 6.25. The molecule has 0 aromatic heterocycles. The molecule has 3 aromatic carbocycles. The number of benzene rings is 3. The molecule has 4 rings (SSSR count). The number of anilines is 1. The van der Waals surface area contributed by atoms with Crippen LogP contribution in [0.15, 0.2) is 66.7 Å². The van der Waals surface area contributed by atoms with Gasteiger partial charge >= 0.3 is 6.18 Å². The Morgan fingerprint density at radius 2 is 1.75 bits per heavy atom. The van der Waals surface area contributed by atoms with Crippen LogP contribution in [0, 0.1) is 0 Å². The predicted octanol–water partition coefficient (Wildman–Crippen LogP) is 5.56. The van der Waals surface area contributed by atoms with Crippen LogP contribution in [0.1, 0.15) is 22.7 Å². The maximum absolute atomic E-state index is 13.4. The van der Waals surface area contributed by atoms with Crippen molar-refractivity contribution in [2.24, 2.45) is 0 Å². The maximum Gasteiger partial charge on any atom is 0.418 e. The summed E-state index contributed by atoms with van der Waals surface area (Å²) in [6.07, 6.45) is -4.67. The first kappa shape index (κ1) is 22.0. The quantitative estimate of drug-likeness (QED) is 0.503. The van der Waals surface area contributed by atoms with E-state index >= 15 is 0 Å². The fraction of sp³-hybridized carbons (Fsp3) is 0.174. The summed E-state index contributed by atoms with van der Waals surface area (Å²) in [5, 5.41) is 5.44. The summed E-state index contributed by atoms with van der Waals surface area (Å²) in [4.78, 5) is 13.1. The van der Waals surface area contributed by atoms with Gasteiger partial charge in [0, 0.05) is 11.6 Å². The van der Waals surface area contributed by atoms with Crippen molar-refractivity contribution in [3.63, 3.8) is 0 Å². The van der Waals surface area contributed by atoms with Gasteiger partial charge in [0.15, 0.2) is 11.5 Å². The van der Waals surface area contributed by atoms with E-state index in [0.29, 0.717) is 17.1 Å². The Balaban J connectivity index is 1.57. The third kappa shape index (κ3) is 4.98. The van der Waals surface area contributed by atoms with Crippen LogP contribution in [0.25, 0.3) is 0 Å². The number of hydrogen-bond donors (Lipinski definition) is 2. The molecule has 1 aliphatic heterocycles. The van der Waals surface area contributed by atoms with Crippen molar-refractivity contribution in [1.82, 2.24) is 5.32 Å². The molecule has 2 N–H and O–H groups in total. The van der Waals surface area contributed by atoms with Gasteiger partial charge in [0.05, 0.1) is 11.3 Å². The molecule has 32 heavy (non-hydrogen) atoms. The van der Waals surface area contributed by atoms with E-state index in [-0.39, 0.29) is 24.0 Å². The lowest BCUT2D eigenvalue weighted by Crippen LogP contribution is -2.33. The van der Waals surface area contributed by atoms with Gasteiger partial charge in [-0.2, -0.15) is 13.2 Å². The summed E-state index contributed by atoms with van der Waals surface area (Å²) in [6.45, 7) is 0.417. The first-order chi connectivity index (χ1) is 15.3. The summed E-state index contributed by atoms with van der Waals surface area (Å²) in [5.41, 5.74) is 0.0531. The lowest BCUT2D eigenvalue weighted by Gasteiger charge is -2.21. The molecule has 0 spiro atoms. The first-order valence-corrected chi connectivity index (χ1v) is 10.0. The van der Waals surface area contributed by atoms with Gasteiger partial charge in [-0.05, 0) is 41.5 Å². The Hall–Kier alpha value is -3.23. The van der Waals surface area contributed by atoms with Gasteiger partial charge in [-0.25, -0.2) is 0 Å². The number of halogens is 4. The van der Waals surface area contributed by atoms with Gasteiger partial charge in [-0.3, -0.25) is 10.1 Å². The SMILES string of the molecule is O=C(Nc1ccc(Cl)cc1C(F)(F)F)[C@H](NCc1ccc2c(c1)OCO2)c1ccccc1. The molecule has 0 bridgehead atoms. The molecule has 0 saturated carbocycles. The van der Waals surface area contributed by atoms with Crippen molar-refractivity contribution in [2.75, 3.05) is 12.1 Å². The monoisotopic (exact) mass is 462 g/mol. The molecule has 1 atom stereocenters. The Morgan fingerprint density at radius 3 is 2.50 bits per heavy atom. The third-order valence-electron chi connectivity index (χ3n) is 4.89. The zero-order valence-corrected chi connectivity index (χ0v) is 17.3. The lowest BCUT2D eigenvalue weighted by molar-refractivity contribution is -0.137. The largest absolute Gasteiger partial charge is 0.454 e. The van der Waals surface area contributed by atoms with Crippen LogP contribution in [0.4, 0.5) is 18.9 Å². The van der Waals surface area contributed by atoms with E-state index in [2.05, 4.69) is 10.6 Å². The number of amides is 1. The zero-order chi connectivity index (χ0) is 22.7. The van der Waals surface area contributed by atoms with Crippen molar-refractivity contribution in [3.05, 3.63) is 88.4 Å². The van der Waals surface area contributed by atoms with E-state index in [9.17, 15) is 18.0 Å². The molecule has 9 heteroatoms. The van der Waals surface area contributed by atoms with Crippen LogP contribution < -0.4 is 20.1 Å². The Labute approximate surface area is 187 Å². The molecule has 1 heterocycles. The van der Waals surface area contributed by atoms with Gasteiger partial charge in [0.1, 0.15) is 6.04 Å². The van der Waals surface area contributed by atoms with E-state index in [0.717, 1.165) is 17.7 Å². The molecule has 5 nitrogen and oxygen atoms in total. The summed E-state index contributed by atoms with van der Waals surface area (Å²) in [5.74, 6) is 0.597. The highest BCUT2D eigenvalue weighted by Gasteiger charge is 2.35. The minimum absolute atomic E-state index is 0.0733. The fourth-order valence-corrected chi connectivity index (χ4v) is 3.52. The third-order valence-corrected chi connectivity index (χ3v) is 5.12. The number of alkyl halides is 3. The van der Waals surface area contributed by atoms with Crippen LogP contribution in [0.5, 0.6) is 11.5 Å². The maximum atomic E-state index is 13.4. The van der Waals surface area contributed by atoms with Gasteiger partial charge in [-0.1, -0.05) is 48.0 Å². The molecule has 0 saturated heterocycles. The van der Waals surface area contributed by atoms with E-state index < -0.39 is 23.7 Å². The number of nitrogens with one attached hydrogen (secondary N) is 2. The van der Waals surface area contributed by atoms with Crippen LogP contribution in [-0.2, 0) is 17.5 Å². The summed E-state index contributed by atoms with van der Waals surface area (Å²) in [6, 6.07) is 16.4. The fourth-order valence-electron chi connectivity index (χ4n) is 3.34. The van der Waals surface area contributed by atoms with Crippen LogP contribution in [0.3, 0.4) is 0 Å². The van der Waals surface area contributed by atoms with E-state index in [1.54, 1.807) is 42.5 Å². The van der Waals surface area contributed by atoms with Crippen molar-refractivity contribution < 1.29 is 27.4 Å². The predicted molar refractivity (Wildman–Crippen MR) is 114 cm³/mol. The lowest BCUT2D eigenvalue weighted by atomic mass is 10.0. The highest BCUT2D eigenvalue weighted by Crippen LogP contribution is 2.37. The van der Waals surface area contributed by atoms with Crippen molar-refractivity contribution >= 4 is 23.2 Å². The second-order valence-electron chi connectivity index (χ2n) is 7.09. The van der Waals surface area contributed by atoms with E-state index in [4.69, 9.17) is 21.1 Å². The summed E-state index contributed by atoms with van der Waals surface area (Å²) >= 11 is 5.73. The molecule has 0 radical (unpaired) electrons. The molecule has 166 valence electrons. The van der Waals surface area contributed by atoms with Gasteiger partial charge < -0.3 is 14.8 Å². The van der Waals surface area contributed by atoms with Gasteiger partial charge in [-0.15, -0.1) is 0 Å². The second-order valence-corrected chi connectivity index (χ2v) is 7.53. The molecule has 0 fully saturated rings. The normalized spacial score (nSPS) is 13.6. The van der Waals surface area contributed by atoms with Gasteiger partial charge in [0.25, 0.3) is 0 Å². The molecule has 1 amide bonds. The van der Waals surface area contributed by atoms with E-state index in [1.807, 2.05) is 6.07 Å². The average Bonchev–Trinajstić information content (AvgIpc) is 3.23. The number of rotatable bonds is 6. The average molecular weight is 463 g/mol. The molecular weight excluding hydrogens is 445 g/mol. The number of ether oxygens (including phenoxy) is 2. The van der Waals surface area contributed by atoms with Gasteiger partial charge in [0.2, 0.25) is 12.7 Å².